The monoisotopic (exact) mass is 383 g/mol. The van der Waals surface area contributed by atoms with E-state index in [2.05, 4.69) is 39.4 Å². The smallest absolute Gasteiger partial charge is 0.238 e. The Kier molecular flexibility index (Phi) is 7.04. The highest BCUT2D eigenvalue weighted by molar-refractivity contribution is 6.31. The highest BCUT2D eigenvalue weighted by Gasteiger charge is 2.18. The van der Waals surface area contributed by atoms with E-state index in [1.807, 2.05) is 37.3 Å². The number of nitrogens with zero attached hydrogens (tertiary/aromatic N) is 2. The van der Waals surface area contributed by atoms with Crippen LogP contribution in [0.4, 0.5) is 5.69 Å². The van der Waals surface area contributed by atoms with Crippen LogP contribution in [0.25, 0.3) is 6.08 Å². The molecule has 27 heavy (non-hydrogen) atoms. The molecule has 1 aliphatic heterocycles. The quantitative estimate of drug-likeness (QED) is 0.821. The molecule has 142 valence electrons. The number of nitrogens with one attached hydrogen (secondary N) is 1. The average Bonchev–Trinajstić information content (AvgIpc) is 2.67. The van der Waals surface area contributed by atoms with Gasteiger partial charge in [0.2, 0.25) is 5.91 Å². The Morgan fingerprint density at radius 2 is 1.78 bits per heavy atom. The van der Waals surface area contributed by atoms with Crippen LogP contribution in [0.1, 0.15) is 11.1 Å². The lowest BCUT2D eigenvalue weighted by Crippen LogP contribution is -2.48. The van der Waals surface area contributed by atoms with Gasteiger partial charge in [-0.25, -0.2) is 0 Å². The van der Waals surface area contributed by atoms with Crippen molar-refractivity contribution in [3.05, 3.63) is 70.8 Å². The lowest BCUT2D eigenvalue weighted by molar-refractivity contribution is -0.117. The van der Waals surface area contributed by atoms with Gasteiger partial charge in [0.05, 0.1) is 6.54 Å². The summed E-state index contributed by atoms with van der Waals surface area (Å²) in [5.41, 5.74) is 2.98. The van der Waals surface area contributed by atoms with Crippen LogP contribution in [0.2, 0.25) is 5.02 Å². The van der Waals surface area contributed by atoms with Crippen molar-refractivity contribution in [1.29, 1.82) is 0 Å². The van der Waals surface area contributed by atoms with E-state index in [9.17, 15) is 4.79 Å². The first kappa shape index (κ1) is 19.6. The summed E-state index contributed by atoms with van der Waals surface area (Å²) >= 11 is 6.11. The van der Waals surface area contributed by atoms with Crippen LogP contribution in [0, 0.1) is 6.92 Å². The Morgan fingerprint density at radius 3 is 2.48 bits per heavy atom. The normalized spacial score (nSPS) is 15.9. The predicted molar refractivity (Wildman–Crippen MR) is 113 cm³/mol. The van der Waals surface area contributed by atoms with Gasteiger partial charge in [0.1, 0.15) is 0 Å². The largest absolute Gasteiger partial charge is 0.325 e. The van der Waals surface area contributed by atoms with Crippen molar-refractivity contribution in [2.75, 3.05) is 44.6 Å². The molecule has 1 aliphatic rings. The maximum absolute atomic E-state index is 12.3. The number of halogens is 1. The third kappa shape index (κ3) is 6.21. The van der Waals surface area contributed by atoms with Crippen LogP contribution in [0.3, 0.4) is 0 Å². The van der Waals surface area contributed by atoms with Gasteiger partial charge in [0.25, 0.3) is 0 Å². The van der Waals surface area contributed by atoms with Gasteiger partial charge in [-0.2, -0.15) is 0 Å². The summed E-state index contributed by atoms with van der Waals surface area (Å²) in [6, 6.07) is 15.9. The van der Waals surface area contributed by atoms with E-state index in [1.54, 1.807) is 6.07 Å². The molecule has 0 radical (unpaired) electrons. The third-order valence-corrected chi connectivity index (χ3v) is 5.17. The van der Waals surface area contributed by atoms with Gasteiger partial charge in [-0.15, -0.1) is 0 Å². The number of rotatable bonds is 6. The number of hydrogen-bond acceptors (Lipinski definition) is 3. The Labute approximate surface area is 166 Å². The highest BCUT2D eigenvalue weighted by Crippen LogP contribution is 2.19. The molecule has 1 amide bonds. The topological polar surface area (TPSA) is 35.6 Å². The summed E-state index contributed by atoms with van der Waals surface area (Å²) in [6.07, 6.45) is 4.37. The molecule has 2 aromatic carbocycles. The number of piperazine rings is 1. The molecule has 1 N–H and O–H groups in total. The van der Waals surface area contributed by atoms with Gasteiger partial charge in [0.15, 0.2) is 0 Å². The molecular weight excluding hydrogens is 358 g/mol. The van der Waals surface area contributed by atoms with Crippen LogP contribution in [0.15, 0.2) is 54.6 Å². The van der Waals surface area contributed by atoms with E-state index in [1.165, 1.54) is 5.56 Å². The fraction of sp³-hybridized carbons (Fsp3) is 0.318. The van der Waals surface area contributed by atoms with Crippen molar-refractivity contribution in [3.8, 4) is 0 Å². The minimum atomic E-state index is 0.00680. The van der Waals surface area contributed by atoms with Gasteiger partial charge in [-0.05, 0) is 30.2 Å². The Hall–Kier alpha value is -2.14. The molecule has 1 fully saturated rings. The molecule has 0 bridgehead atoms. The van der Waals surface area contributed by atoms with E-state index in [0.717, 1.165) is 44.0 Å². The molecule has 0 saturated carbocycles. The van der Waals surface area contributed by atoms with Gasteiger partial charge < -0.3 is 5.32 Å². The molecule has 1 saturated heterocycles. The average molecular weight is 384 g/mol. The van der Waals surface area contributed by atoms with Crippen LogP contribution in [-0.4, -0.2) is 55.0 Å². The number of carbonyl (C=O) groups is 1. The third-order valence-electron chi connectivity index (χ3n) is 4.76. The zero-order chi connectivity index (χ0) is 19.1. The van der Waals surface area contributed by atoms with Crippen molar-refractivity contribution in [2.45, 2.75) is 6.92 Å². The lowest BCUT2D eigenvalue weighted by Gasteiger charge is -2.33. The van der Waals surface area contributed by atoms with Crippen molar-refractivity contribution < 1.29 is 4.79 Å². The van der Waals surface area contributed by atoms with E-state index in [-0.39, 0.29) is 5.91 Å². The number of carbonyl (C=O) groups excluding carboxylic acids is 1. The zero-order valence-electron chi connectivity index (χ0n) is 15.7. The summed E-state index contributed by atoms with van der Waals surface area (Å²) in [7, 11) is 0. The van der Waals surface area contributed by atoms with Crippen LogP contribution in [0.5, 0.6) is 0 Å². The molecule has 0 spiro atoms. The van der Waals surface area contributed by atoms with E-state index in [4.69, 9.17) is 11.6 Å². The van der Waals surface area contributed by atoms with Crippen LogP contribution >= 0.6 is 11.6 Å². The molecule has 0 aromatic heterocycles. The lowest BCUT2D eigenvalue weighted by atomic mass is 10.2. The van der Waals surface area contributed by atoms with Gasteiger partial charge in [-0.3, -0.25) is 14.6 Å². The van der Waals surface area contributed by atoms with Crippen LogP contribution in [-0.2, 0) is 4.79 Å². The second-order valence-electron chi connectivity index (χ2n) is 6.90. The van der Waals surface area contributed by atoms with Gasteiger partial charge in [-0.1, -0.05) is 60.2 Å². The minimum Gasteiger partial charge on any atom is -0.325 e. The molecule has 3 rings (SSSR count). The second kappa shape index (κ2) is 9.70. The SMILES string of the molecule is Cc1ccc(NC(=O)CN2CCN(C/C=C/c3ccccc3)CC2)cc1Cl. The molecule has 4 nitrogen and oxygen atoms in total. The first-order valence-electron chi connectivity index (χ1n) is 9.32. The summed E-state index contributed by atoms with van der Waals surface area (Å²) in [4.78, 5) is 16.9. The maximum Gasteiger partial charge on any atom is 0.238 e. The maximum atomic E-state index is 12.3. The van der Waals surface area contributed by atoms with E-state index >= 15 is 0 Å². The van der Waals surface area contributed by atoms with Gasteiger partial charge in [0, 0.05) is 43.4 Å². The first-order chi connectivity index (χ1) is 13.1. The molecular formula is C22H26ClN3O. The number of amides is 1. The van der Waals surface area contributed by atoms with Crippen molar-refractivity contribution in [3.63, 3.8) is 0 Å². The Balaban J connectivity index is 1.39. The first-order valence-corrected chi connectivity index (χ1v) is 9.70. The molecule has 1 heterocycles. The number of anilines is 1. The number of benzene rings is 2. The molecule has 0 unspecified atom stereocenters. The van der Waals surface area contributed by atoms with Crippen LogP contribution < -0.4 is 5.32 Å². The van der Waals surface area contributed by atoms with Crippen molar-refractivity contribution in [1.82, 2.24) is 9.80 Å². The van der Waals surface area contributed by atoms with E-state index < -0.39 is 0 Å². The number of aryl methyl sites for hydroxylation is 1. The predicted octanol–water partition coefficient (Wildman–Crippen LogP) is 3.92. The Bertz CT molecular complexity index is 783. The fourth-order valence-corrected chi connectivity index (χ4v) is 3.29. The summed E-state index contributed by atoms with van der Waals surface area (Å²) in [6.45, 7) is 7.06. The summed E-state index contributed by atoms with van der Waals surface area (Å²) < 4.78 is 0. The fourth-order valence-electron chi connectivity index (χ4n) is 3.11. The molecule has 2 aromatic rings. The summed E-state index contributed by atoms with van der Waals surface area (Å²) in [5.74, 6) is 0.00680. The molecule has 0 aliphatic carbocycles. The zero-order valence-corrected chi connectivity index (χ0v) is 16.5. The highest BCUT2D eigenvalue weighted by atomic mass is 35.5. The summed E-state index contributed by atoms with van der Waals surface area (Å²) in [5, 5.41) is 3.60. The van der Waals surface area contributed by atoms with Crippen molar-refractivity contribution >= 4 is 29.3 Å². The number of hydrogen-bond donors (Lipinski definition) is 1. The molecule has 0 atom stereocenters. The minimum absolute atomic E-state index is 0.00680. The standard InChI is InChI=1S/C22H26ClN3O/c1-18-9-10-20(16-21(18)23)24-22(27)17-26-14-12-25(13-15-26)11-5-8-19-6-3-2-4-7-19/h2-10,16H,11-15,17H2,1H3,(H,24,27)/b8-5+. The molecule has 5 heteroatoms. The van der Waals surface area contributed by atoms with E-state index in [0.29, 0.717) is 11.6 Å². The Morgan fingerprint density at radius 1 is 1.07 bits per heavy atom. The van der Waals surface area contributed by atoms with Crippen molar-refractivity contribution in [2.24, 2.45) is 0 Å². The van der Waals surface area contributed by atoms with Gasteiger partial charge >= 0.3 is 0 Å². The second-order valence-corrected chi connectivity index (χ2v) is 7.31.